The van der Waals surface area contributed by atoms with E-state index in [9.17, 15) is 4.39 Å². The third-order valence-electron chi connectivity index (χ3n) is 3.97. The van der Waals surface area contributed by atoms with Crippen molar-refractivity contribution < 1.29 is 4.39 Å². The van der Waals surface area contributed by atoms with E-state index in [0.29, 0.717) is 0 Å². The molecule has 110 valence electrons. The molecular weight excluding hydrogens is 263 g/mol. The average Bonchev–Trinajstić information content (AvgIpc) is 2.47. The molecule has 0 saturated carbocycles. The number of benzene rings is 2. The van der Waals surface area contributed by atoms with Crippen molar-refractivity contribution in [2.45, 2.75) is 25.9 Å². The van der Waals surface area contributed by atoms with Crippen LogP contribution in [0.3, 0.4) is 0 Å². The molecule has 0 bridgehead atoms. The molecule has 0 fully saturated rings. The molecule has 3 rings (SSSR count). The highest BCUT2D eigenvalue weighted by molar-refractivity contribution is 5.56. The lowest BCUT2D eigenvalue weighted by molar-refractivity contribution is 0.317. The minimum atomic E-state index is -0.165. The van der Waals surface area contributed by atoms with Gasteiger partial charge in [-0.2, -0.15) is 0 Å². The van der Waals surface area contributed by atoms with Crippen molar-refractivity contribution in [3.8, 4) is 0 Å². The first kappa shape index (κ1) is 14.1. The molecule has 1 aliphatic rings. The molecule has 2 aromatic rings. The van der Waals surface area contributed by atoms with E-state index in [-0.39, 0.29) is 5.82 Å². The standard InChI is InChI=1S/C18H21FN2/c1-21(12-14-5-2-7-16(19)11-14)13-15-6-3-9-18-17(15)8-4-10-20-18/h2-3,5-7,9,11,20H,4,8,10,12-13H2,1H3. The summed E-state index contributed by atoms with van der Waals surface area (Å²) in [5, 5.41) is 3.47. The minimum Gasteiger partial charge on any atom is -0.385 e. The Hall–Kier alpha value is -1.87. The van der Waals surface area contributed by atoms with Crippen LogP contribution in [0.5, 0.6) is 0 Å². The van der Waals surface area contributed by atoms with Gasteiger partial charge in [0.1, 0.15) is 5.82 Å². The zero-order valence-corrected chi connectivity index (χ0v) is 12.4. The first-order chi connectivity index (χ1) is 10.2. The summed E-state index contributed by atoms with van der Waals surface area (Å²) in [6.45, 7) is 2.71. The van der Waals surface area contributed by atoms with Crippen molar-refractivity contribution in [2.75, 3.05) is 18.9 Å². The van der Waals surface area contributed by atoms with Crippen LogP contribution >= 0.6 is 0 Å². The lowest BCUT2D eigenvalue weighted by Crippen LogP contribution is -2.20. The van der Waals surface area contributed by atoms with Gasteiger partial charge >= 0.3 is 0 Å². The first-order valence-electron chi connectivity index (χ1n) is 7.50. The van der Waals surface area contributed by atoms with Crippen LogP contribution in [0.2, 0.25) is 0 Å². The summed E-state index contributed by atoms with van der Waals surface area (Å²) in [6.07, 6.45) is 2.34. The maximum atomic E-state index is 13.2. The SMILES string of the molecule is CN(Cc1cccc(F)c1)Cc1cccc2c1CCCN2. The monoisotopic (exact) mass is 284 g/mol. The fraction of sp³-hybridized carbons (Fsp3) is 0.333. The quantitative estimate of drug-likeness (QED) is 0.918. The maximum absolute atomic E-state index is 13.2. The number of hydrogen-bond donors (Lipinski definition) is 1. The molecule has 2 aromatic carbocycles. The second-order valence-electron chi connectivity index (χ2n) is 5.78. The van der Waals surface area contributed by atoms with Crippen molar-refractivity contribution in [2.24, 2.45) is 0 Å². The van der Waals surface area contributed by atoms with E-state index in [0.717, 1.165) is 31.6 Å². The van der Waals surface area contributed by atoms with Crippen LogP contribution in [0, 0.1) is 5.82 Å². The Morgan fingerprint density at radius 2 is 2.00 bits per heavy atom. The molecule has 0 spiro atoms. The number of fused-ring (bicyclic) bond motifs is 1. The molecule has 1 heterocycles. The summed E-state index contributed by atoms with van der Waals surface area (Å²) in [7, 11) is 2.08. The molecule has 1 aliphatic heterocycles. The number of nitrogens with one attached hydrogen (secondary N) is 1. The minimum absolute atomic E-state index is 0.165. The summed E-state index contributed by atoms with van der Waals surface area (Å²) < 4.78 is 13.2. The topological polar surface area (TPSA) is 15.3 Å². The van der Waals surface area contributed by atoms with Gasteiger partial charge in [-0.3, -0.25) is 4.90 Å². The van der Waals surface area contributed by atoms with Gasteiger partial charge < -0.3 is 5.32 Å². The average molecular weight is 284 g/mol. The van der Waals surface area contributed by atoms with Crippen molar-refractivity contribution in [1.82, 2.24) is 4.90 Å². The fourth-order valence-corrected chi connectivity index (χ4v) is 3.03. The van der Waals surface area contributed by atoms with Crippen LogP contribution in [0.4, 0.5) is 10.1 Å². The van der Waals surface area contributed by atoms with E-state index in [2.05, 4.69) is 35.5 Å². The van der Waals surface area contributed by atoms with Crippen molar-refractivity contribution in [1.29, 1.82) is 0 Å². The summed E-state index contributed by atoms with van der Waals surface area (Å²) in [5.74, 6) is -0.165. The van der Waals surface area contributed by atoms with Gasteiger partial charge in [0.15, 0.2) is 0 Å². The van der Waals surface area contributed by atoms with E-state index < -0.39 is 0 Å². The summed E-state index contributed by atoms with van der Waals surface area (Å²) in [5.41, 5.74) is 5.10. The molecule has 0 atom stereocenters. The smallest absolute Gasteiger partial charge is 0.123 e. The lowest BCUT2D eigenvalue weighted by atomic mass is 9.97. The van der Waals surface area contributed by atoms with Crippen molar-refractivity contribution in [3.63, 3.8) is 0 Å². The normalized spacial score (nSPS) is 13.9. The Morgan fingerprint density at radius 1 is 1.14 bits per heavy atom. The lowest BCUT2D eigenvalue weighted by Gasteiger charge is -2.24. The molecular formula is C18H21FN2. The highest BCUT2D eigenvalue weighted by atomic mass is 19.1. The zero-order chi connectivity index (χ0) is 14.7. The number of anilines is 1. The van der Waals surface area contributed by atoms with Gasteiger partial charge in [-0.1, -0.05) is 24.3 Å². The molecule has 1 N–H and O–H groups in total. The number of hydrogen-bond acceptors (Lipinski definition) is 2. The molecule has 3 heteroatoms. The molecule has 0 amide bonds. The largest absolute Gasteiger partial charge is 0.385 e. The summed E-state index contributed by atoms with van der Waals surface area (Å²) in [4.78, 5) is 2.24. The Bertz CT molecular complexity index is 624. The summed E-state index contributed by atoms with van der Waals surface area (Å²) in [6, 6.07) is 13.3. The highest BCUT2D eigenvalue weighted by Crippen LogP contribution is 2.26. The molecule has 0 saturated heterocycles. The van der Waals surface area contributed by atoms with E-state index in [1.54, 1.807) is 12.1 Å². The summed E-state index contributed by atoms with van der Waals surface area (Å²) >= 11 is 0. The van der Waals surface area contributed by atoms with Crippen molar-refractivity contribution >= 4 is 5.69 Å². The molecule has 2 nitrogen and oxygen atoms in total. The van der Waals surface area contributed by atoms with Gasteiger partial charge in [-0.25, -0.2) is 4.39 Å². The highest BCUT2D eigenvalue weighted by Gasteiger charge is 2.13. The zero-order valence-electron chi connectivity index (χ0n) is 12.4. The molecule has 21 heavy (non-hydrogen) atoms. The predicted molar refractivity (Wildman–Crippen MR) is 84.8 cm³/mol. The Kier molecular flexibility index (Phi) is 4.20. The van der Waals surface area contributed by atoms with Gasteiger partial charge in [0.05, 0.1) is 0 Å². The van der Waals surface area contributed by atoms with E-state index in [1.165, 1.54) is 29.3 Å². The predicted octanol–water partition coefficient (Wildman–Crippen LogP) is 3.82. The van der Waals surface area contributed by atoms with Gasteiger partial charge in [-0.15, -0.1) is 0 Å². The second kappa shape index (κ2) is 6.27. The van der Waals surface area contributed by atoms with E-state index >= 15 is 0 Å². The molecule has 0 unspecified atom stereocenters. The van der Waals surface area contributed by atoms with Gasteiger partial charge in [0.25, 0.3) is 0 Å². The third-order valence-corrected chi connectivity index (χ3v) is 3.97. The number of halogens is 1. The first-order valence-corrected chi connectivity index (χ1v) is 7.50. The van der Waals surface area contributed by atoms with Crippen molar-refractivity contribution in [3.05, 3.63) is 65.0 Å². The van der Waals surface area contributed by atoms with E-state index in [4.69, 9.17) is 0 Å². The van der Waals surface area contributed by atoms with Crippen LogP contribution in [0.15, 0.2) is 42.5 Å². The van der Waals surface area contributed by atoms with Crippen LogP contribution in [-0.2, 0) is 19.5 Å². The Morgan fingerprint density at radius 3 is 2.86 bits per heavy atom. The molecule has 0 radical (unpaired) electrons. The number of nitrogens with zero attached hydrogens (tertiary/aromatic N) is 1. The van der Waals surface area contributed by atoms with Crippen LogP contribution in [0.1, 0.15) is 23.1 Å². The molecule has 0 aliphatic carbocycles. The third kappa shape index (κ3) is 3.42. The van der Waals surface area contributed by atoms with Crippen LogP contribution in [-0.4, -0.2) is 18.5 Å². The number of rotatable bonds is 4. The molecule has 0 aromatic heterocycles. The maximum Gasteiger partial charge on any atom is 0.123 e. The Labute approximate surface area is 125 Å². The second-order valence-corrected chi connectivity index (χ2v) is 5.78. The van der Waals surface area contributed by atoms with E-state index in [1.807, 2.05) is 6.07 Å². The fourth-order valence-electron chi connectivity index (χ4n) is 3.03. The van der Waals surface area contributed by atoms with Crippen LogP contribution < -0.4 is 5.32 Å². The van der Waals surface area contributed by atoms with Gasteiger partial charge in [0, 0.05) is 25.3 Å². The van der Waals surface area contributed by atoms with Gasteiger partial charge in [-0.05, 0) is 54.8 Å². The van der Waals surface area contributed by atoms with Crippen LogP contribution in [0.25, 0.3) is 0 Å². The Balaban J connectivity index is 1.71. The van der Waals surface area contributed by atoms with Gasteiger partial charge in [0.2, 0.25) is 0 Å².